The van der Waals surface area contributed by atoms with E-state index in [0.717, 1.165) is 36.2 Å². The Hall–Kier alpha value is -3.18. The molecule has 0 radical (unpaired) electrons. The van der Waals surface area contributed by atoms with Crippen LogP contribution in [-0.4, -0.2) is 35.7 Å². The van der Waals surface area contributed by atoms with Gasteiger partial charge in [-0.05, 0) is 41.0 Å². The minimum absolute atomic E-state index is 0.0860. The lowest BCUT2D eigenvalue weighted by atomic mass is 10.1. The number of nitrogens with zero attached hydrogens (tertiary/aromatic N) is 2. The number of amides is 1. The van der Waals surface area contributed by atoms with Crippen LogP contribution in [-0.2, 0) is 22.5 Å². The van der Waals surface area contributed by atoms with Crippen molar-refractivity contribution in [1.82, 2.24) is 14.9 Å². The molecule has 0 aliphatic heterocycles. The zero-order valence-corrected chi connectivity index (χ0v) is 16.6. The average Bonchev–Trinajstić information content (AvgIpc) is 3.09. The van der Waals surface area contributed by atoms with Crippen molar-refractivity contribution < 1.29 is 9.53 Å². The number of hydrogen-bond acceptors (Lipinski definition) is 3. The van der Waals surface area contributed by atoms with E-state index >= 15 is 0 Å². The fourth-order valence-electron chi connectivity index (χ4n) is 3.67. The second-order valence-electron chi connectivity index (χ2n) is 7.17. The van der Waals surface area contributed by atoms with Crippen molar-refractivity contribution in [2.24, 2.45) is 0 Å². The van der Waals surface area contributed by atoms with E-state index in [1.54, 1.807) is 0 Å². The number of ether oxygens (including phenoxy) is 1. The van der Waals surface area contributed by atoms with Gasteiger partial charge < -0.3 is 14.6 Å². The quantitative estimate of drug-likeness (QED) is 0.466. The molecule has 29 heavy (non-hydrogen) atoms. The van der Waals surface area contributed by atoms with E-state index in [1.807, 2.05) is 6.07 Å². The van der Waals surface area contributed by atoms with Gasteiger partial charge >= 0.3 is 0 Å². The lowest BCUT2D eigenvalue weighted by molar-refractivity contribution is -0.124. The number of para-hydroxylation sites is 2. The molecule has 1 aromatic heterocycles. The highest BCUT2D eigenvalue weighted by Gasteiger charge is 2.11. The summed E-state index contributed by atoms with van der Waals surface area (Å²) in [6, 6.07) is 23.3. The summed E-state index contributed by atoms with van der Waals surface area (Å²) in [5, 5.41) is 5.37. The fraction of sp³-hybridized carbons (Fsp3) is 0.250. The van der Waals surface area contributed by atoms with Crippen molar-refractivity contribution in [2.45, 2.75) is 19.4 Å². The van der Waals surface area contributed by atoms with Crippen LogP contribution in [0.5, 0.6) is 0 Å². The second kappa shape index (κ2) is 8.88. The van der Waals surface area contributed by atoms with Crippen LogP contribution in [0.4, 0.5) is 0 Å². The van der Waals surface area contributed by atoms with Gasteiger partial charge in [0.2, 0.25) is 5.91 Å². The SMILES string of the molecule is COCC(=O)NCCCc1nc2ccccc2n1Cc1ccc2ccccc2c1. The summed E-state index contributed by atoms with van der Waals surface area (Å²) in [6.45, 7) is 1.48. The molecule has 5 nitrogen and oxygen atoms in total. The van der Waals surface area contributed by atoms with Crippen LogP contribution >= 0.6 is 0 Å². The lowest BCUT2D eigenvalue weighted by Gasteiger charge is -2.11. The smallest absolute Gasteiger partial charge is 0.245 e. The molecule has 4 aromatic rings. The van der Waals surface area contributed by atoms with E-state index in [-0.39, 0.29) is 12.5 Å². The Balaban J connectivity index is 1.55. The minimum atomic E-state index is -0.0860. The van der Waals surface area contributed by atoms with Gasteiger partial charge in [-0.1, -0.05) is 48.5 Å². The highest BCUT2D eigenvalue weighted by molar-refractivity contribution is 5.83. The highest BCUT2D eigenvalue weighted by Crippen LogP contribution is 2.21. The Kier molecular flexibility index (Phi) is 5.86. The van der Waals surface area contributed by atoms with E-state index in [0.29, 0.717) is 6.54 Å². The lowest BCUT2D eigenvalue weighted by Crippen LogP contribution is -2.28. The number of methoxy groups -OCH3 is 1. The molecule has 0 aliphatic carbocycles. The molecule has 0 spiro atoms. The van der Waals surface area contributed by atoms with Crippen molar-refractivity contribution in [1.29, 1.82) is 0 Å². The van der Waals surface area contributed by atoms with E-state index in [2.05, 4.69) is 70.5 Å². The standard InChI is InChI=1S/C24H25N3O2/c1-29-17-24(28)25-14-6-11-23-26-21-9-4-5-10-22(21)27(23)16-18-12-13-19-7-2-3-8-20(19)15-18/h2-5,7-10,12-13,15H,6,11,14,16-17H2,1H3,(H,25,28). The Morgan fingerprint density at radius 2 is 1.83 bits per heavy atom. The number of carbonyl (C=O) groups is 1. The molecule has 0 bridgehead atoms. The van der Waals surface area contributed by atoms with Crippen molar-refractivity contribution in [3.05, 3.63) is 78.1 Å². The maximum absolute atomic E-state index is 11.6. The van der Waals surface area contributed by atoms with Crippen LogP contribution in [0.25, 0.3) is 21.8 Å². The van der Waals surface area contributed by atoms with Gasteiger partial charge in [0.25, 0.3) is 0 Å². The summed E-state index contributed by atoms with van der Waals surface area (Å²) < 4.78 is 7.13. The maximum atomic E-state index is 11.6. The first-order valence-electron chi connectivity index (χ1n) is 9.92. The van der Waals surface area contributed by atoms with Crippen LogP contribution in [0.1, 0.15) is 17.8 Å². The van der Waals surface area contributed by atoms with E-state index in [9.17, 15) is 4.79 Å². The van der Waals surface area contributed by atoms with Gasteiger partial charge in [0, 0.05) is 26.6 Å². The molecule has 1 N–H and O–H groups in total. The average molecular weight is 387 g/mol. The highest BCUT2D eigenvalue weighted by atomic mass is 16.5. The van der Waals surface area contributed by atoms with Gasteiger partial charge in [-0.2, -0.15) is 0 Å². The molecule has 5 heteroatoms. The normalized spacial score (nSPS) is 11.2. The number of rotatable bonds is 8. The number of benzene rings is 3. The third kappa shape index (κ3) is 4.46. The first-order chi connectivity index (χ1) is 14.2. The van der Waals surface area contributed by atoms with Gasteiger partial charge in [0.05, 0.1) is 11.0 Å². The summed E-state index contributed by atoms with van der Waals surface area (Å²) in [7, 11) is 1.52. The van der Waals surface area contributed by atoms with Crippen LogP contribution in [0.15, 0.2) is 66.7 Å². The molecular weight excluding hydrogens is 362 g/mol. The molecule has 148 valence electrons. The number of aryl methyl sites for hydroxylation is 1. The van der Waals surface area contributed by atoms with Gasteiger partial charge in [0.15, 0.2) is 0 Å². The number of fused-ring (bicyclic) bond motifs is 2. The molecule has 0 aliphatic rings. The summed E-state index contributed by atoms with van der Waals surface area (Å²) in [6.07, 6.45) is 1.63. The van der Waals surface area contributed by atoms with Crippen LogP contribution in [0.2, 0.25) is 0 Å². The van der Waals surface area contributed by atoms with E-state index in [4.69, 9.17) is 9.72 Å². The number of carbonyl (C=O) groups excluding carboxylic acids is 1. The number of imidazole rings is 1. The molecule has 0 atom stereocenters. The fourth-order valence-corrected chi connectivity index (χ4v) is 3.67. The van der Waals surface area contributed by atoms with Crippen molar-refractivity contribution in [2.75, 3.05) is 20.3 Å². The molecule has 1 heterocycles. The Morgan fingerprint density at radius 1 is 1.03 bits per heavy atom. The number of aromatic nitrogens is 2. The first-order valence-corrected chi connectivity index (χ1v) is 9.92. The topological polar surface area (TPSA) is 56.1 Å². The van der Waals surface area contributed by atoms with Crippen LogP contribution in [0, 0.1) is 0 Å². The van der Waals surface area contributed by atoms with Gasteiger partial charge in [0.1, 0.15) is 12.4 Å². The zero-order chi connectivity index (χ0) is 20.1. The predicted molar refractivity (Wildman–Crippen MR) is 116 cm³/mol. The van der Waals surface area contributed by atoms with Crippen LogP contribution in [0.3, 0.4) is 0 Å². The summed E-state index contributed by atoms with van der Waals surface area (Å²) in [5.74, 6) is 0.956. The third-order valence-corrected chi connectivity index (χ3v) is 5.06. The Labute approximate surface area is 170 Å². The van der Waals surface area contributed by atoms with Crippen molar-refractivity contribution >= 4 is 27.7 Å². The third-order valence-electron chi connectivity index (χ3n) is 5.06. The predicted octanol–water partition coefficient (Wildman–Crippen LogP) is 3.93. The van der Waals surface area contributed by atoms with Gasteiger partial charge in [-0.25, -0.2) is 4.98 Å². The molecule has 3 aromatic carbocycles. The van der Waals surface area contributed by atoms with Crippen LogP contribution < -0.4 is 5.32 Å². The first kappa shape index (κ1) is 19.2. The van der Waals surface area contributed by atoms with Gasteiger partial charge in [-0.3, -0.25) is 4.79 Å². The molecule has 0 saturated heterocycles. The van der Waals surface area contributed by atoms with E-state index < -0.39 is 0 Å². The van der Waals surface area contributed by atoms with E-state index in [1.165, 1.54) is 23.4 Å². The minimum Gasteiger partial charge on any atom is -0.375 e. The Morgan fingerprint density at radius 3 is 2.69 bits per heavy atom. The molecule has 1 amide bonds. The molecule has 0 saturated carbocycles. The second-order valence-corrected chi connectivity index (χ2v) is 7.17. The monoisotopic (exact) mass is 387 g/mol. The molecular formula is C24H25N3O2. The molecule has 4 rings (SSSR count). The summed E-state index contributed by atoms with van der Waals surface area (Å²) in [4.78, 5) is 16.4. The molecule has 0 fully saturated rings. The number of nitrogens with one attached hydrogen (secondary N) is 1. The number of hydrogen-bond donors (Lipinski definition) is 1. The largest absolute Gasteiger partial charge is 0.375 e. The summed E-state index contributed by atoms with van der Waals surface area (Å²) >= 11 is 0. The van der Waals surface area contributed by atoms with Crippen molar-refractivity contribution in [3.8, 4) is 0 Å². The van der Waals surface area contributed by atoms with Crippen molar-refractivity contribution in [3.63, 3.8) is 0 Å². The molecule has 0 unspecified atom stereocenters. The van der Waals surface area contributed by atoms with Gasteiger partial charge in [-0.15, -0.1) is 0 Å². The maximum Gasteiger partial charge on any atom is 0.245 e. The Bertz CT molecular complexity index is 1130. The zero-order valence-electron chi connectivity index (χ0n) is 16.6. The summed E-state index contributed by atoms with van der Waals surface area (Å²) in [5.41, 5.74) is 3.40.